The summed E-state index contributed by atoms with van der Waals surface area (Å²) in [6.07, 6.45) is 4.29. The third-order valence-electron chi connectivity index (χ3n) is 1.40. The molecule has 0 aromatic heterocycles. The van der Waals surface area contributed by atoms with E-state index in [1.54, 1.807) is 0 Å². The van der Waals surface area contributed by atoms with Gasteiger partial charge >= 0.3 is 0 Å². The molecule has 2 heteroatoms. The normalized spacial score (nSPS) is 18.0. The summed E-state index contributed by atoms with van der Waals surface area (Å²) in [7, 11) is 0. The molecule has 0 amide bonds. The van der Waals surface area contributed by atoms with E-state index >= 15 is 0 Å². The summed E-state index contributed by atoms with van der Waals surface area (Å²) < 4.78 is 1.31. The lowest BCUT2D eigenvalue weighted by Crippen LogP contribution is -2.19. The van der Waals surface area contributed by atoms with E-state index in [4.69, 9.17) is 0 Å². The maximum Gasteiger partial charge on any atom is 0.0331 e. The van der Waals surface area contributed by atoms with Gasteiger partial charge in [0, 0.05) is 21.7 Å². The molecule has 0 unspecified atom stereocenters. The van der Waals surface area contributed by atoms with Gasteiger partial charge in [-0.3, -0.25) is 0 Å². The fraction of sp³-hybridized carbons (Fsp3) is 0.375. The second-order valence-electron chi connectivity index (χ2n) is 2.51. The molecule has 1 heterocycles. The number of hydrogen-bond donors (Lipinski definition) is 1. The van der Waals surface area contributed by atoms with Gasteiger partial charge in [-0.15, -0.1) is 0 Å². The van der Waals surface area contributed by atoms with Crippen LogP contribution in [-0.4, -0.2) is 6.54 Å². The first-order valence-corrected chi connectivity index (χ1v) is 4.40. The van der Waals surface area contributed by atoms with Crippen molar-refractivity contribution in [1.82, 2.24) is 5.32 Å². The first kappa shape index (κ1) is 8.11. The molecule has 0 aliphatic carbocycles. The maximum atomic E-state index is 3.32. The van der Waals surface area contributed by atoms with Gasteiger partial charge in [-0.1, -0.05) is 19.9 Å². The zero-order valence-corrected chi connectivity index (χ0v) is 8.40. The topological polar surface area (TPSA) is 12.0 Å². The summed E-state index contributed by atoms with van der Waals surface area (Å²) in [5.74, 6) is 1.36. The lowest BCUT2D eigenvalue weighted by molar-refractivity contribution is 0.849. The molecule has 1 rings (SSSR count). The maximum absolute atomic E-state index is 3.32. The Hall–Kier alpha value is 0.01000. The van der Waals surface area contributed by atoms with Gasteiger partial charge in [-0.25, -0.2) is 0 Å². The highest BCUT2D eigenvalue weighted by atomic mass is 127. The molecule has 10 heavy (non-hydrogen) atoms. The van der Waals surface area contributed by atoms with Crippen molar-refractivity contribution in [2.45, 2.75) is 13.8 Å². The van der Waals surface area contributed by atoms with Gasteiger partial charge in [-0.05, 0) is 28.7 Å². The fourth-order valence-electron chi connectivity index (χ4n) is 0.907. The second-order valence-corrected chi connectivity index (χ2v) is 3.67. The second kappa shape index (κ2) is 3.42. The summed E-state index contributed by atoms with van der Waals surface area (Å²) in [4.78, 5) is 0. The average molecular weight is 248 g/mol. The number of nitrogens with one attached hydrogen (secondary N) is 1. The highest BCUT2D eigenvalue weighted by Gasteiger charge is 2.08. The molecule has 0 saturated carbocycles. The predicted octanol–water partition coefficient (Wildman–Crippen LogP) is 2.41. The van der Waals surface area contributed by atoms with Gasteiger partial charge < -0.3 is 5.32 Å². The van der Waals surface area contributed by atoms with Crippen LogP contribution in [0.15, 0.2) is 21.4 Å². The SMILES string of the molecule is C[C](C)C1=C(I)C=CCN1. The van der Waals surface area contributed by atoms with Gasteiger partial charge in [-0.2, -0.15) is 0 Å². The minimum Gasteiger partial charge on any atom is -0.384 e. The average Bonchev–Trinajstić information content (AvgIpc) is 1.88. The van der Waals surface area contributed by atoms with Crippen LogP contribution >= 0.6 is 22.6 Å². The third-order valence-corrected chi connectivity index (χ3v) is 2.30. The molecule has 0 atom stereocenters. The van der Waals surface area contributed by atoms with Crippen LogP contribution < -0.4 is 5.32 Å². The highest BCUT2D eigenvalue weighted by Crippen LogP contribution is 2.22. The van der Waals surface area contributed by atoms with Crippen LogP contribution in [0.25, 0.3) is 0 Å². The van der Waals surface area contributed by atoms with Crippen LogP contribution in [0.3, 0.4) is 0 Å². The Morgan fingerprint density at radius 1 is 1.60 bits per heavy atom. The molecule has 0 aromatic carbocycles. The molecule has 55 valence electrons. The smallest absolute Gasteiger partial charge is 0.0331 e. The van der Waals surface area contributed by atoms with E-state index in [1.807, 2.05) is 0 Å². The van der Waals surface area contributed by atoms with Crippen molar-refractivity contribution in [3.05, 3.63) is 27.3 Å². The van der Waals surface area contributed by atoms with Crippen molar-refractivity contribution >= 4 is 22.6 Å². The Balaban J connectivity index is 2.79. The van der Waals surface area contributed by atoms with Crippen molar-refractivity contribution < 1.29 is 0 Å². The molecule has 1 aliphatic rings. The summed E-state index contributed by atoms with van der Waals surface area (Å²) >= 11 is 2.34. The van der Waals surface area contributed by atoms with Crippen molar-refractivity contribution in [1.29, 1.82) is 0 Å². The van der Waals surface area contributed by atoms with Gasteiger partial charge in [0.15, 0.2) is 0 Å². The Kier molecular flexibility index (Phi) is 2.77. The van der Waals surface area contributed by atoms with Crippen LogP contribution in [0.1, 0.15) is 13.8 Å². The highest BCUT2D eigenvalue weighted by molar-refractivity contribution is 14.1. The molecular weight excluding hydrogens is 237 g/mol. The Bertz CT molecular complexity index is 180. The summed E-state index contributed by atoms with van der Waals surface area (Å²) in [5, 5.41) is 3.32. The molecule has 1 aliphatic heterocycles. The molecule has 1 nitrogen and oxygen atoms in total. The van der Waals surface area contributed by atoms with Crippen LogP contribution in [0, 0.1) is 5.92 Å². The van der Waals surface area contributed by atoms with E-state index in [1.165, 1.54) is 15.2 Å². The van der Waals surface area contributed by atoms with Crippen molar-refractivity contribution in [2.24, 2.45) is 0 Å². The monoisotopic (exact) mass is 248 g/mol. The lowest BCUT2D eigenvalue weighted by Gasteiger charge is -2.17. The largest absolute Gasteiger partial charge is 0.384 e. The van der Waals surface area contributed by atoms with Gasteiger partial charge in [0.1, 0.15) is 0 Å². The van der Waals surface area contributed by atoms with Crippen molar-refractivity contribution in [2.75, 3.05) is 6.54 Å². The molecule has 0 aromatic rings. The number of dihydropyridines is 1. The zero-order chi connectivity index (χ0) is 7.56. The van der Waals surface area contributed by atoms with Gasteiger partial charge in [0.05, 0.1) is 0 Å². The standard InChI is InChI=1S/C8H11IN/c1-6(2)8-7(9)4-3-5-10-8/h3-4,10H,5H2,1-2H3. The van der Waals surface area contributed by atoms with Crippen molar-refractivity contribution in [3.8, 4) is 0 Å². The molecule has 0 spiro atoms. The van der Waals surface area contributed by atoms with E-state index in [9.17, 15) is 0 Å². The molecule has 0 bridgehead atoms. The minimum atomic E-state index is 0.965. The number of halogens is 1. The van der Waals surface area contributed by atoms with E-state index in [0.717, 1.165) is 6.54 Å². The van der Waals surface area contributed by atoms with E-state index in [0.29, 0.717) is 0 Å². The molecule has 1 N–H and O–H groups in total. The predicted molar refractivity (Wildman–Crippen MR) is 52.8 cm³/mol. The van der Waals surface area contributed by atoms with Crippen LogP contribution in [0.5, 0.6) is 0 Å². The fourth-order valence-corrected chi connectivity index (χ4v) is 1.89. The Morgan fingerprint density at radius 3 is 2.70 bits per heavy atom. The summed E-state index contributed by atoms with van der Waals surface area (Å²) in [5.41, 5.74) is 1.29. The van der Waals surface area contributed by atoms with E-state index < -0.39 is 0 Å². The molecule has 0 saturated heterocycles. The lowest BCUT2D eigenvalue weighted by atomic mass is 10.1. The first-order valence-electron chi connectivity index (χ1n) is 3.32. The zero-order valence-electron chi connectivity index (χ0n) is 6.24. The number of hydrogen-bond acceptors (Lipinski definition) is 1. The van der Waals surface area contributed by atoms with E-state index in [2.05, 4.69) is 53.9 Å². The summed E-state index contributed by atoms with van der Waals surface area (Å²) in [6.45, 7) is 5.22. The van der Waals surface area contributed by atoms with Crippen molar-refractivity contribution in [3.63, 3.8) is 0 Å². The number of allylic oxidation sites excluding steroid dienone is 3. The molecular formula is C8H11IN. The minimum absolute atomic E-state index is 0.965. The summed E-state index contributed by atoms with van der Waals surface area (Å²) in [6, 6.07) is 0. The van der Waals surface area contributed by atoms with Gasteiger partial charge in [0.2, 0.25) is 0 Å². The van der Waals surface area contributed by atoms with Gasteiger partial charge in [0.25, 0.3) is 0 Å². The van der Waals surface area contributed by atoms with E-state index in [-0.39, 0.29) is 0 Å². The Morgan fingerprint density at radius 2 is 2.30 bits per heavy atom. The quantitative estimate of drug-likeness (QED) is 0.702. The third kappa shape index (κ3) is 1.75. The molecule has 1 radical (unpaired) electrons. The Labute approximate surface area is 75.7 Å². The number of rotatable bonds is 1. The molecule has 0 fully saturated rings. The first-order chi connectivity index (χ1) is 4.72. The van der Waals surface area contributed by atoms with Crippen LogP contribution in [-0.2, 0) is 0 Å². The van der Waals surface area contributed by atoms with Crippen LogP contribution in [0.4, 0.5) is 0 Å². The van der Waals surface area contributed by atoms with Crippen LogP contribution in [0.2, 0.25) is 0 Å².